The number of hydrogen-bond donors (Lipinski definition) is 1. The Morgan fingerprint density at radius 2 is 1.85 bits per heavy atom. The van der Waals surface area contributed by atoms with Gasteiger partial charge in [-0.25, -0.2) is 0 Å². The highest BCUT2D eigenvalue weighted by Crippen LogP contribution is 2.23. The molecule has 5 heteroatoms. The van der Waals surface area contributed by atoms with Gasteiger partial charge in [0.2, 0.25) is 0 Å². The van der Waals surface area contributed by atoms with E-state index in [-0.39, 0.29) is 24.4 Å². The standard InChI is InChI=1S/C15H21NO4/c1-15(2,3)9-14(18)20-10-13(17)16-11-7-5-6-8-12(11)19-4/h5-8H,9-10H2,1-4H3,(H,16,17). The summed E-state index contributed by atoms with van der Waals surface area (Å²) in [6, 6.07) is 7.04. The molecule has 5 nitrogen and oxygen atoms in total. The second-order valence-corrected chi connectivity index (χ2v) is 5.65. The van der Waals surface area contributed by atoms with E-state index < -0.39 is 5.91 Å². The van der Waals surface area contributed by atoms with Crippen LogP contribution in [0.4, 0.5) is 5.69 Å². The molecular weight excluding hydrogens is 258 g/mol. The van der Waals surface area contributed by atoms with E-state index in [1.54, 1.807) is 24.3 Å². The summed E-state index contributed by atoms with van der Waals surface area (Å²) in [7, 11) is 1.52. The maximum absolute atomic E-state index is 11.7. The van der Waals surface area contributed by atoms with Crippen LogP contribution >= 0.6 is 0 Å². The number of esters is 1. The summed E-state index contributed by atoms with van der Waals surface area (Å²) in [5.74, 6) is -0.216. The van der Waals surface area contributed by atoms with E-state index in [2.05, 4.69) is 5.32 Å². The number of para-hydroxylation sites is 2. The van der Waals surface area contributed by atoms with Gasteiger partial charge in [-0.1, -0.05) is 32.9 Å². The lowest BCUT2D eigenvalue weighted by Crippen LogP contribution is -2.23. The van der Waals surface area contributed by atoms with E-state index in [1.807, 2.05) is 20.8 Å². The monoisotopic (exact) mass is 279 g/mol. The number of anilines is 1. The molecule has 20 heavy (non-hydrogen) atoms. The van der Waals surface area contributed by atoms with Crippen molar-refractivity contribution in [1.82, 2.24) is 0 Å². The molecule has 1 rings (SSSR count). The van der Waals surface area contributed by atoms with Gasteiger partial charge in [-0.2, -0.15) is 0 Å². The molecule has 0 saturated heterocycles. The maximum atomic E-state index is 11.7. The third kappa shape index (κ3) is 5.73. The van der Waals surface area contributed by atoms with Gasteiger partial charge < -0.3 is 14.8 Å². The average molecular weight is 279 g/mol. The number of hydrogen-bond acceptors (Lipinski definition) is 4. The van der Waals surface area contributed by atoms with E-state index in [9.17, 15) is 9.59 Å². The summed E-state index contributed by atoms with van der Waals surface area (Å²) in [5.41, 5.74) is 0.391. The van der Waals surface area contributed by atoms with Gasteiger partial charge in [0.25, 0.3) is 5.91 Å². The first-order valence-electron chi connectivity index (χ1n) is 6.40. The number of carbonyl (C=O) groups excluding carboxylic acids is 2. The molecule has 1 aromatic rings. The smallest absolute Gasteiger partial charge is 0.306 e. The lowest BCUT2D eigenvalue weighted by atomic mass is 9.92. The Balaban J connectivity index is 2.46. The minimum atomic E-state index is -0.392. The Kier molecular flexibility index (Phi) is 5.55. The molecule has 110 valence electrons. The summed E-state index contributed by atoms with van der Waals surface area (Å²) >= 11 is 0. The van der Waals surface area contributed by atoms with Crippen molar-refractivity contribution >= 4 is 17.6 Å². The Hall–Kier alpha value is -2.04. The topological polar surface area (TPSA) is 64.6 Å². The summed E-state index contributed by atoms with van der Waals surface area (Å²) in [6.45, 7) is 5.50. The first-order chi connectivity index (χ1) is 9.31. The molecule has 0 aromatic heterocycles. The van der Waals surface area contributed by atoms with Crippen LogP contribution in [0, 0.1) is 5.41 Å². The van der Waals surface area contributed by atoms with Crippen LogP contribution in [0.3, 0.4) is 0 Å². The summed E-state index contributed by atoms with van der Waals surface area (Å²) in [4.78, 5) is 23.2. The van der Waals surface area contributed by atoms with Gasteiger partial charge in [0, 0.05) is 0 Å². The van der Waals surface area contributed by atoms with Gasteiger partial charge in [-0.3, -0.25) is 9.59 Å². The van der Waals surface area contributed by atoms with Crippen molar-refractivity contribution < 1.29 is 19.1 Å². The molecule has 0 atom stereocenters. The van der Waals surface area contributed by atoms with Crippen LogP contribution in [0.25, 0.3) is 0 Å². The third-order valence-electron chi connectivity index (χ3n) is 2.42. The van der Waals surface area contributed by atoms with Crippen molar-refractivity contribution in [3.05, 3.63) is 24.3 Å². The highest BCUT2D eigenvalue weighted by molar-refractivity contribution is 5.94. The van der Waals surface area contributed by atoms with Crippen LogP contribution in [0.2, 0.25) is 0 Å². The molecule has 0 radical (unpaired) electrons. The van der Waals surface area contributed by atoms with Gasteiger partial charge in [-0.05, 0) is 17.5 Å². The number of benzene rings is 1. The van der Waals surface area contributed by atoms with Crippen molar-refractivity contribution in [1.29, 1.82) is 0 Å². The lowest BCUT2D eigenvalue weighted by molar-refractivity contribution is -0.149. The molecule has 0 unspecified atom stereocenters. The Morgan fingerprint density at radius 3 is 2.45 bits per heavy atom. The molecule has 0 aliphatic heterocycles. The van der Waals surface area contributed by atoms with E-state index in [0.717, 1.165) is 0 Å². The van der Waals surface area contributed by atoms with Crippen molar-refractivity contribution in [3.63, 3.8) is 0 Å². The zero-order chi connectivity index (χ0) is 15.2. The summed E-state index contributed by atoms with van der Waals surface area (Å²) in [6.07, 6.45) is 0.273. The molecule has 1 aromatic carbocycles. The summed E-state index contributed by atoms with van der Waals surface area (Å²) < 4.78 is 10.0. The quantitative estimate of drug-likeness (QED) is 0.841. The van der Waals surface area contributed by atoms with E-state index in [1.165, 1.54) is 7.11 Å². The number of ether oxygens (including phenoxy) is 2. The van der Waals surface area contributed by atoms with E-state index in [0.29, 0.717) is 11.4 Å². The molecule has 0 heterocycles. The fourth-order valence-electron chi connectivity index (χ4n) is 1.56. The van der Waals surface area contributed by atoms with Crippen molar-refractivity contribution in [2.45, 2.75) is 27.2 Å². The maximum Gasteiger partial charge on any atom is 0.306 e. The molecule has 1 N–H and O–H groups in total. The van der Waals surface area contributed by atoms with Gasteiger partial charge in [0.1, 0.15) is 5.75 Å². The third-order valence-corrected chi connectivity index (χ3v) is 2.42. The SMILES string of the molecule is COc1ccccc1NC(=O)COC(=O)CC(C)(C)C. The summed E-state index contributed by atoms with van der Waals surface area (Å²) in [5, 5.41) is 2.64. The van der Waals surface area contributed by atoms with Crippen LogP contribution < -0.4 is 10.1 Å². The molecule has 0 aliphatic rings. The fourth-order valence-corrected chi connectivity index (χ4v) is 1.56. The lowest BCUT2D eigenvalue weighted by Gasteiger charge is -2.16. The van der Waals surface area contributed by atoms with Crippen LogP contribution in [0.15, 0.2) is 24.3 Å². The van der Waals surface area contributed by atoms with Crippen molar-refractivity contribution in [3.8, 4) is 5.75 Å². The van der Waals surface area contributed by atoms with Crippen LogP contribution in [-0.2, 0) is 14.3 Å². The molecule has 0 bridgehead atoms. The highest BCUT2D eigenvalue weighted by atomic mass is 16.5. The molecule has 0 aliphatic carbocycles. The number of rotatable bonds is 5. The Morgan fingerprint density at radius 1 is 1.20 bits per heavy atom. The first-order valence-corrected chi connectivity index (χ1v) is 6.40. The number of carbonyl (C=O) groups is 2. The van der Waals surface area contributed by atoms with Gasteiger partial charge in [0.05, 0.1) is 19.2 Å². The molecule has 0 fully saturated rings. The van der Waals surface area contributed by atoms with E-state index >= 15 is 0 Å². The average Bonchev–Trinajstić information content (AvgIpc) is 2.35. The normalized spacial score (nSPS) is 10.8. The fraction of sp³-hybridized carbons (Fsp3) is 0.467. The van der Waals surface area contributed by atoms with Crippen molar-refractivity contribution in [2.24, 2.45) is 5.41 Å². The number of nitrogens with one attached hydrogen (secondary N) is 1. The van der Waals surface area contributed by atoms with Gasteiger partial charge in [0.15, 0.2) is 6.61 Å². The highest BCUT2D eigenvalue weighted by Gasteiger charge is 2.18. The first kappa shape index (κ1) is 16.0. The number of amides is 1. The van der Waals surface area contributed by atoms with Gasteiger partial charge >= 0.3 is 5.97 Å². The zero-order valence-corrected chi connectivity index (χ0v) is 12.4. The zero-order valence-electron chi connectivity index (χ0n) is 12.4. The second-order valence-electron chi connectivity index (χ2n) is 5.65. The second kappa shape index (κ2) is 6.93. The number of methoxy groups -OCH3 is 1. The predicted octanol–water partition coefficient (Wildman–Crippen LogP) is 2.61. The predicted molar refractivity (Wildman–Crippen MR) is 76.7 cm³/mol. The molecular formula is C15H21NO4. The molecule has 0 saturated carbocycles. The van der Waals surface area contributed by atoms with E-state index in [4.69, 9.17) is 9.47 Å². The minimum absolute atomic E-state index is 0.157. The molecule has 1 amide bonds. The van der Waals surface area contributed by atoms with Crippen molar-refractivity contribution in [2.75, 3.05) is 19.0 Å². The molecule has 0 spiro atoms. The Bertz CT molecular complexity index is 477. The van der Waals surface area contributed by atoms with Gasteiger partial charge in [-0.15, -0.1) is 0 Å². The Labute approximate surface area is 119 Å². The van der Waals surface area contributed by atoms with Crippen LogP contribution in [-0.4, -0.2) is 25.6 Å². The largest absolute Gasteiger partial charge is 0.495 e. The van der Waals surface area contributed by atoms with Crippen LogP contribution in [0.5, 0.6) is 5.75 Å². The van der Waals surface area contributed by atoms with Crippen LogP contribution in [0.1, 0.15) is 27.2 Å². The minimum Gasteiger partial charge on any atom is -0.495 e.